The Morgan fingerprint density at radius 3 is 3.00 bits per heavy atom. The van der Waals surface area contributed by atoms with Gasteiger partial charge in [-0.15, -0.1) is 0 Å². The molecule has 2 heterocycles. The molecule has 0 bridgehead atoms. The molecule has 0 aromatic carbocycles. The van der Waals surface area contributed by atoms with Gasteiger partial charge in [0.15, 0.2) is 11.6 Å². The first kappa shape index (κ1) is 13.8. The maximum absolute atomic E-state index is 11.9. The predicted molar refractivity (Wildman–Crippen MR) is 73.9 cm³/mol. The smallest absolute Gasteiger partial charge is 0.225 e. The van der Waals surface area contributed by atoms with E-state index < -0.39 is 0 Å². The van der Waals surface area contributed by atoms with Crippen molar-refractivity contribution in [2.24, 2.45) is 11.8 Å². The molecule has 1 aromatic heterocycles. The summed E-state index contributed by atoms with van der Waals surface area (Å²) >= 11 is 0. The molecule has 5 nitrogen and oxygen atoms in total. The fourth-order valence-electron chi connectivity index (χ4n) is 2.55. The standard InChI is InChI=1S/C14H21N3O2/c1-10(11-4-7-15-8-5-11)9-13(19)17-14-12(18)3-2-6-16-14/h2-3,6,10-11,15,18H,4-5,7-9H2,1H3,(H,16,17,19). The van der Waals surface area contributed by atoms with Crippen molar-refractivity contribution in [1.82, 2.24) is 10.3 Å². The van der Waals surface area contributed by atoms with E-state index >= 15 is 0 Å². The lowest BCUT2D eigenvalue weighted by Gasteiger charge is -2.27. The van der Waals surface area contributed by atoms with E-state index in [2.05, 4.69) is 22.5 Å². The lowest BCUT2D eigenvalue weighted by molar-refractivity contribution is -0.117. The highest BCUT2D eigenvalue weighted by molar-refractivity contribution is 5.91. The molecule has 0 aliphatic carbocycles. The number of aromatic hydroxyl groups is 1. The van der Waals surface area contributed by atoms with Gasteiger partial charge in [-0.05, 0) is 49.9 Å². The maximum Gasteiger partial charge on any atom is 0.225 e. The summed E-state index contributed by atoms with van der Waals surface area (Å²) in [5, 5.41) is 15.5. The Morgan fingerprint density at radius 1 is 1.58 bits per heavy atom. The second kappa shape index (κ2) is 6.52. The summed E-state index contributed by atoms with van der Waals surface area (Å²) in [4.78, 5) is 15.9. The molecule has 1 unspecified atom stereocenters. The van der Waals surface area contributed by atoms with E-state index in [1.165, 1.54) is 6.07 Å². The normalized spacial score (nSPS) is 17.9. The van der Waals surface area contributed by atoms with Crippen molar-refractivity contribution in [3.05, 3.63) is 18.3 Å². The lowest BCUT2D eigenvalue weighted by Crippen LogP contribution is -2.32. The minimum atomic E-state index is -0.0833. The zero-order valence-electron chi connectivity index (χ0n) is 11.2. The number of piperidine rings is 1. The molecule has 0 saturated carbocycles. The van der Waals surface area contributed by atoms with Crippen LogP contribution in [-0.4, -0.2) is 29.1 Å². The lowest BCUT2D eigenvalue weighted by atomic mass is 9.84. The number of rotatable bonds is 4. The molecule has 0 radical (unpaired) electrons. The summed E-state index contributed by atoms with van der Waals surface area (Å²) in [6, 6.07) is 3.14. The van der Waals surface area contributed by atoms with Crippen LogP contribution in [0.1, 0.15) is 26.2 Å². The van der Waals surface area contributed by atoms with E-state index in [-0.39, 0.29) is 17.5 Å². The molecular formula is C14H21N3O2. The van der Waals surface area contributed by atoms with Gasteiger partial charge in [0.05, 0.1) is 0 Å². The van der Waals surface area contributed by atoms with E-state index in [1.54, 1.807) is 12.3 Å². The fraction of sp³-hybridized carbons (Fsp3) is 0.571. The summed E-state index contributed by atoms with van der Waals surface area (Å²) in [6.07, 6.45) is 4.28. The van der Waals surface area contributed by atoms with Gasteiger partial charge >= 0.3 is 0 Å². The molecular weight excluding hydrogens is 242 g/mol. The number of hydrogen-bond donors (Lipinski definition) is 3. The molecule has 1 saturated heterocycles. The molecule has 1 aliphatic heterocycles. The molecule has 2 rings (SSSR count). The molecule has 0 spiro atoms. The molecule has 1 amide bonds. The highest BCUT2D eigenvalue weighted by atomic mass is 16.3. The highest BCUT2D eigenvalue weighted by Gasteiger charge is 2.22. The first-order chi connectivity index (χ1) is 9.16. The second-order valence-corrected chi connectivity index (χ2v) is 5.19. The van der Waals surface area contributed by atoms with Gasteiger partial charge in [-0.3, -0.25) is 4.79 Å². The number of carbonyl (C=O) groups is 1. The van der Waals surface area contributed by atoms with Crippen LogP contribution in [0.25, 0.3) is 0 Å². The van der Waals surface area contributed by atoms with Crippen molar-refractivity contribution in [2.45, 2.75) is 26.2 Å². The largest absolute Gasteiger partial charge is 0.504 e. The topological polar surface area (TPSA) is 74.2 Å². The van der Waals surface area contributed by atoms with Crippen LogP contribution >= 0.6 is 0 Å². The Labute approximate surface area is 113 Å². The Balaban J connectivity index is 1.85. The first-order valence-electron chi connectivity index (χ1n) is 6.81. The van der Waals surface area contributed by atoms with Gasteiger partial charge in [-0.2, -0.15) is 0 Å². The minimum Gasteiger partial charge on any atom is -0.504 e. The van der Waals surface area contributed by atoms with Crippen LogP contribution in [0.2, 0.25) is 0 Å². The van der Waals surface area contributed by atoms with Crippen LogP contribution in [0.15, 0.2) is 18.3 Å². The maximum atomic E-state index is 11.9. The molecule has 104 valence electrons. The predicted octanol–water partition coefficient (Wildman–Crippen LogP) is 1.75. The summed E-state index contributed by atoms with van der Waals surface area (Å²) in [6.45, 7) is 4.20. The summed E-state index contributed by atoms with van der Waals surface area (Å²) < 4.78 is 0. The number of amides is 1. The molecule has 1 aliphatic rings. The van der Waals surface area contributed by atoms with Crippen LogP contribution in [0.5, 0.6) is 5.75 Å². The molecule has 1 aromatic rings. The van der Waals surface area contributed by atoms with E-state index in [4.69, 9.17) is 0 Å². The van der Waals surface area contributed by atoms with Gasteiger partial charge in [0, 0.05) is 12.6 Å². The SMILES string of the molecule is CC(CC(=O)Nc1ncccc1O)C1CCNCC1. The van der Waals surface area contributed by atoms with Crippen molar-refractivity contribution in [3.63, 3.8) is 0 Å². The van der Waals surface area contributed by atoms with E-state index in [0.29, 0.717) is 18.3 Å². The Bertz CT molecular complexity index is 430. The number of hydrogen-bond acceptors (Lipinski definition) is 4. The minimum absolute atomic E-state index is 0.00497. The Hall–Kier alpha value is -1.62. The van der Waals surface area contributed by atoms with Gasteiger partial charge in [-0.1, -0.05) is 6.92 Å². The molecule has 19 heavy (non-hydrogen) atoms. The number of aromatic nitrogens is 1. The quantitative estimate of drug-likeness (QED) is 0.773. The van der Waals surface area contributed by atoms with Gasteiger partial charge in [0.1, 0.15) is 0 Å². The van der Waals surface area contributed by atoms with Crippen LogP contribution in [0.3, 0.4) is 0 Å². The van der Waals surface area contributed by atoms with Crippen molar-refractivity contribution in [2.75, 3.05) is 18.4 Å². The second-order valence-electron chi connectivity index (χ2n) is 5.19. The number of carbonyl (C=O) groups excluding carboxylic acids is 1. The average molecular weight is 263 g/mol. The third-order valence-corrected chi connectivity index (χ3v) is 3.74. The number of anilines is 1. The third kappa shape index (κ3) is 3.92. The summed E-state index contributed by atoms with van der Waals surface area (Å²) in [5.74, 6) is 1.12. The van der Waals surface area contributed by atoms with E-state index in [0.717, 1.165) is 25.9 Å². The third-order valence-electron chi connectivity index (χ3n) is 3.74. The molecule has 3 N–H and O–H groups in total. The van der Waals surface area contributed by atoms with Gasteiger partial charge in [0.2, 0.25) is 5.91 Å². The van der Waals surface area contributed by atoms with Crippen molar-refractivity contribution in [1.29, 1.82) is 0 Å². The van der Waals surface area contributed by atoms with E-state index in [9.17, 15) is 9.90 Å². The number of nitrogens with one attached hydrogen (secondary N) is 2. The van der Waals surface area contributed by atoms with Crippen LogP contribution < -0.4 is 10.6 Å². The van der Waals surface area contributed by atoms with Crippen molar-refractivity contribution >= 4 is 11.7 Å². The molecule has 1 fully saturated rings. The number of nitrogens with zero attached hydrogens (tertiary/aromatic N) is 1. The molecule has 5 heteroatoms. The van der Waals surface area contributed by atoms with Gasteiger partial charge in [0.25, 0.3) is 0 Å². The zero-order chi connectivity index (χ0) is 13.7. The highest BCUT2D eigenvalue weighted by Crippen LogP contribution is 2.25. The van der Waals surface area contributed by atoms with Crippen molar-refractivity contribution in [3.8, 4) is 5.75 Å². The van der Waals surface area contributed by atoms with E-state index in [1.807, 2.05) is 0 Å². The zero-order valence-corrected chi connectivity index (χ0v) is 11.2. The monoisotopic (exact) mass is 263 g/mol. The number of pyridine rings is 1. The van der Waals surface area contributed by atoms with Gasteiger partial charge in [-0.25, -0.2) is 4.98 Å². The van der Waals surface area contributed by atoms with Gasteiger partial charge < -0.3 is 15.7 Å². The Morgan fingerprint density at radius 2 is 2.32 bits per heavy atom. The fourth-order valence-corrected chi connectivity index (χ4v) is 2.55. The first-order valence-corrected chi connectivity index (χ1v) is 6.81. The van der Waals surface area contributed by atoms with Crippen molar-refractivity contribution < 1.29 is 9.90 Å². The van der Waals surface area contributed by atoms with Crippen LogP contribution in [0, 0.1) is 11.8 Å². The molecule has 1 atom stereocenters. The van der Waals surface area contributed by atoms with Crippen LogP contribution in [0.4, 0.5) is 5.82 Å². The summed E-state index contributed by atoms with van der Waals surface area (Å²) in [5.41, 5.74) is 0. The Kier molecular flexibility index (Phi) is 4.74. The van der Waals surface area contributed by atoms with Crippen LogP contribution in [-0.2, 0) is 4.79 Å². The average Bonchev–Trinajstić information content (AvgIpc) is 2.42. The summed E-state index contributed by atoms with van der Waals surface area (Å²) in [7, 11) is 0.